The van der Waals surface area contributed by atoms with Gasteiger partial charge < -0.3 is 15.0 Å². The molecule has 1 aromatic carbocycles. The number of aryl methyl sites for hydroxylation is 1. The Morgan fingerprint density at radius 1 is 1.45 bits per heavy atom. The minimum absolute atomic E-state index is 0.0488. The predicted octanol–water partition coefficient (Wildman–Crippen LogP) is 1.61. The topological polar surface area (TPSA) is 106 Å². The van der Waals surface area contributed by atoms with E-state index in [0.29, 0.717) is 35.3 Å². The van der Waals surface area contributed by atoms with E-state index in [0.717, 1.165) is 11.1 Å². The molecule has 1 fully saturated rings. The number of hydrogen-bond donors (Lipinski definition) is 3. The summed E-state index contributed by atoms with van der Waals surface area (Å²) < 4.78 is 7.72. The molecule has 1 amide bonds. The number of likely N-dealkylation sites (tertiary alicyclic amines) is 1. The van der Waals surface area contributed by atoms with Crippen molar-refractivity contribution < 1.29 is 11.3 Å². The highest BCUT2D eigenvalue weighted by atomic mass is 16.3. The number of aromatic amines is 1. The molecule has 3 heterocycles. The van der Waals surface area contributed by atoms with Crippen LogP contribution in [0, 0.1) is 17.3 Å². The van der Waals surface area contributed by atoms with Crippen LogP contribution >= 0.6 is 0 Å². The average molecular weight is 388 g/mol. The Kier molecular flexibility index (Phi) is 4.34. The van der Waals surface area contributed by atoms with Gasteiger partial charge in [0.05, 0.1) is 17.5 Å². The van der Waals surface area contributed by atoms with Crippen molar-refractivity contribution in [2.24, 2.45) is 0 Å². The number of hydrogen-bond acceptors (Lipinski definition) is 5. The Morgan fingerprint density at radius 3 is 3.00 bits per heavy atom. The molecule has 0 bridgehead atoms. The quantitative estimate of drug-likeness (QED) is 0.580. The van der Waals surface area contributed by atoms with E-state index in [9.17, 15) is 9.90 Å². The van der Waals surface area contributed by atoms with Gasteiger partial charge in [0, 0.05) is 31.1 Å². The first-order chi connectivity index (χ1) is 14.3. The van der Waals surface area contributed by atoms with Crippen LogP contribution in [0.1, 0.15) is 25.8 Å². The minimum Gasteiger partial charge on any atom is -0.369 e. The maximum atomic E-state index is 12.1. The van der Waals surface area contributed by atoms with Gasteiger partial charge in [-0.15, -0.1) is 0 Å². The lowest BCUT2D eigenvalue weighted by Gasteiger charge is -2.13. The fourth-order valence-electron chi connectivity index (χ4n) is 3.43. The maximum Gasteiger partial charge on any atom is 0.267 e. The van der Waals surface area contributed by atoms with E-state index in [4.69, 9.17) is 6.78 Å². The molecule has 29 heavy (non-hydrogen) atoms. The lowest BCUT2D eigenvalue weighted by atomic mass is 10.0. The molecule has 3 aromatic rings. The van der Waals surface area contributed by atoms with Crippen molar-refractivity contribution in [3.05, 3.63) is 53.2 Å². The zero-order valence-corrected chi connectivity index (χ0v) is 16.2. The lowest BCUT2D eigenvalue weighted by molar-refractivity contribution is -0.137. The van der Waals surface area contributed by atoms with Gasteiger partial charge in [-0.05, 0) is 30.2 Å². The molecule has 0 aliphatic carbocycles. The minimum atomic E-state index is -1.64. The number of carbonyl (C=O) groups excluding carboxylic acids is 1. The number of amides is 1. The standard InChI is InChI=1S/C22H21N5O2/c1-3-15-12-17(26-19-18(15)24-13-25-20(19)23)16-6-4-5-14(11-16)7-8-22(29)9-10-27(2)21(22)28/h4-6,11-13,29H,3,9-10H2,1-2H3,(H2,23,24,25)/t22-/m0/s1/i13D. The Hall–Kier alpha value is -3.50. The molecule has 2 aromatic heterocycles. The zero-order chi connectivity index (χ0) is 21.5. The Labute approximate surface area is 169 Å². The number of fused-ring (bicyclic) bond motifs is 1. The molecule has 0 radical (unpaired) electrons. The van der Waals surface area contributed by atoms with E-state index in [1.807, 2.05) is 37.3 Å². The summed E-state index contributed by atoms with van der Waals surface area (Å²) in [7, 11) is 1.65. The van der Waals surface area contributed by atoms with Gasteiger partial charge in [-0.2, -0.15) is 0 Å². The van der Waals surface area contributed by atoms with Crippen molar-refractivity contribution in [3.8, 4) is 23.1 Å². The fourth-order valence-corrected chi connectivity index (χ4v) is 3.43. The van der Waals surface area contributed by atoms with Gasteiger partial charge in [0.25, 0.3) is 5.91 Å². The van der Waals surface area contributed by atoms with Gasteiger partial charge in [0.15, 0.2) is 5.49 Å². The number of nitrogens with one attached hydrogen (secondary N) is 2. The number of likely N-dealkylation sites (N-methyl/N-ethyl adjacent to an activating group) is 1. The average Bonchev–Trinajstić information content (AvgIpc) is 3.00. The number of aliphatic hydroxyl groups is 1. The Bertz CT molecular complexity index is 1290. The van der Waals surface area contributed by atoms with E-state index < -0.39 is 5.60 Å². The van der Waals surface area contributed by atoms with Gasteiger partial charge >= 0.3 is 0 Å². The molecule has 4 rings (SSSR count). The van der Waals surface area contributed by atoms with E-state index in [1.165, 1.54) is 4.90 Å². The Morgan fingerprint density at radius 2 is 2.28 bits per heavy atom. The molecule has 1 atom stereocenters. The number of carbonyl (C=O) groups is 1. The van der Waals surface area contributed by atoms with Gasteiger partial charge in [0.2, 0.25) is 5.60 Å². The number of rotatable bonds is 2. The van der Waals surface area contributed by atoms with Crippen LogP contribution in [0.2, 0.25) is 0 Å². The van der Waals surface area contributed by atoms with Crippen LogP contribution in [0.4, 0.5) is 0 Å². The zero-order valence-electron chi connectivity index (χ0n) is 17.2. The first-order valence-corrected chi connectivity index (χ1v) is 9.37. The highest BCUT2D eigenvalue weighted by Gasteiger charge is 2.42. The van der Waals surface area contributed by atoms with Crippen molar-refractivity contribution in [3.63, 3.8) is 0 Å². The van der Waals surface area contributed by atoms with Gasteiger partial charge in [-0.25, -0.2) is 9.97 Å². The second-order valence-electron chi connectivity index (χ2n) is 7.11. The van der Waals surface area contributed by atoms with E-state index in [2.05, 4.69) is 26.8 Å². The summed E-state index contributed by atoms with van der Waals surface area (Å²) in [5, 5.41) is 18.6. The van der Waals surface area contributed by atoms with Crippen molar-refractivity contribution in [2.75, 3.05) is 13.6 Å². The van der Waals surface area contributed by atoms with Gasteiger partial charge in [0.1, 0.15) is 6.89 Å². The van der Waals surface area contributed by atoms with Gasteiger partial charge in [-0.3, -0.25) is 10.2 Å². The third kappa shape index (κ3) is 3.39. The van der Waals surface area contributed by atoms with Crippen LogP contribution in [0.15, 0.2) is 36.6 Å². The molecule has 1 aliphatic rings. The summed E-state index contributed by atoms with van der Waals surface area (Å²) in [6.45, 7) is 2.48. The highest BCUT2D eigenvalue weighted by Crippen LogP contribution is 2.24. The normalized spacial score (nSPS) is 19.2. The van der Waals surface area contributed by atoms with Crippen LogP contribution < -0.4 is 5.49 Å². The van der Waals surface area contributed by atoms with Crippen molar-refractivity contribution in [2.45, 2.75) is 25.4 Å². The van der Waals surface area contributed by atoms with Crippen LogP contribution in [0.5, 0.6) is 0 Å². The molecule has 3 N–H and O–H groups in total. The highest BCUT2D eigenvalue weighted by molar-refractivity contribution is 5.90. The number of nitrogens with zero attached hydrogens (tertiary/aromatic N) is 3. The van der Waals surface area contributed by atoms with Gasteiger partial charge in [-0.1, -0.05) is 30.9 Å². The van der Waals surface area contributed by atoms with E-state index in [-0.39, 0.29) is 24.1 Å². The molecular formula is C22H21N5O2. The first-order valence-electron chi connectivity index (χ1n) is 9.87. The molecule has 7 nitrogen and oxygen atoms in total. The van der Waals surface area contributed by atoms with Crippen LogP contribution in [0.3, 0.4) is 0 Å². The SMILES string of the molecule is [2H]c1nc(=N)c2nc(-c3cccc(C#C[C@]4(O)CCN(C)C4=O)c3)cc(CC)c2[nH]1. The maximum absolute atomic E-state index is 12.1. The number of pyridine rings is 1. The number of H-pyrrole nitrogens is 1. The van der Waals surface area contributed by atoms with Crippen LogP contribution in [-0.4, -0.2) is 50.1 Å². The molecule has 0 spiro atoms. The molecule has 1 saturated heterocycles. The molecule has 0 saturated carbocycles. The lowest BCUT2D eigenvalue weighted by Crippen LogP contribution is -2.37. The van der Waals surface area contributed by atoms with E-state index in [1.54, 1.807) is 7.05 Å². The Balaban J connectivity index is 1.77. The summed E-state index contributed by atoms with van der Waals surface area (Å²) in [6.07, 6.45) is 0.918. The predicted molar refractivity (Wildman–Crippen MR) is 109 cm³/mol. The van der Waals surface area contributed by atoms with E-state index >= 15 is 0 Å². The second-order valence-corrected chi connectivity index (χ2v) is 7.11. The van der Waals surface area contributed by atoms with Crippen molar-refractivity contribution in [1.82, 2.24) is 19.9 Å². The smallest absolute Gasteiger partial charge is 0.267 e. The largest absolute Gasteiger partial charge is 0.369 e. The molecular weight excluding hydrogens is 366 g/mol. The third-order valence-electron chi connectivity index (χ3n) is 5.14. The summed E-state index contributed by atoms with van der Waals surface area (Å²) in [4.78, 5) is 24.9. The molecule has 0 unspecified atom stereocenters. The first kappa shape index (κ1) is 17.6. The van der Waals surface area contributed by atoms with Crippen molar-refractivity contribution >= 4 is 16.9 Å². The van der Waals surface area contributed by atoms with Crippen LogP contribution in [-0.2, 0) is 11.2 Å². The van der Waals surface area contributed by atoms with Crippen molar-refractivity contribution in [1.29, 1.82) is 5.41 Å². The fraction of sp³-hybridized carbons (Fsp3) is 0.273. The monoisotopic (exact) mass is 388 g/mol. The third-order valence-corrected chi connectivity index (χ3v) is 5.14. The molecule has 146 valence electrons. The summed E-state index contributed by atoms with van der Waals surface area (Å²) >= 11 is 0. The number of aromatic nitrogens is 3. The molecule has 7 heteroatoms. The molecule has 1 aliphatic heterocycles. The summed E-state index contributed by atoms with van der Waals surface area (Å²) in [6, 6.07) is 9.30. The second kappa shape index (κ2) is 7.15. The van der Waals surface area contributed by atoms with Crippen LogP contribution in [0.25, 0.3) is 22.3 Å². The number of benzene rings is 1. The summed E-state index contributed by atoms with van der Waals surface area (Å²) in [5.41, 5.74) is 2.42. The summed E-state index contributed by atoms with van der Waals surface area (Å²) in [5.74, 6) is 5.27.